The van der Waals surface area contributed by atoms with E-state index in [0.29, 0.717) is 22.0 Å². The lowest BCUT2D eigenvalue weighted by atomic mass is 10.2. The number of benzene rings is 3. The molecule has 0 aliphatic rings. The van der Waals surface area contributed by atoms with E-state index in [1.54, 1.807) is 30.3 Å². The standard InChI is InChI=1S/C20H17ClN2O3S/c1-14-5-9-17(10-6-14)22-20(24)15-3-2-4-18(13-15)23-27(25,26)19-11-7-16(21)8-12-19/h2-13,23H,1H3,(H,22,24). The molecule has 0 aliphatic carbocycles. The minimum atomic E-state index is -3.78. The Kier molecular flexibility index (Phi) is 5.48. The predicted octanol–water partition coefficient (Wildman–Crippen LogP) is 4.70. The normalized spacial score (nSPS) is 11.0. The van der Waals surface area contributed by atoms with Gasteiger partial charge in [-0.25, -0.2) is 8.42 Å². The molecule has 1 amide bonds. The maximum Gasteiger partial charge on any atom is 0.261 e. The number of carbonyl (C=O) groups excluding carboxylic acids is 1. The minimum Gasteiger partial charge on any atom is -0.322 e. The molecule has 0 aliphatic heterocycles. The molecule has 0 saturated carbocycles. The zero-order valence-corrected chi connectivity index (χ0v) is 16.0. The summed E-state index contributed by atoms with van der Waals surface area (Å²) in [6, 6.07) is 19.5. The fraction of sp³-hybridized carbons (Fsp3) is 0.0500. The van der Waals surface area contributed by atoms with Crippen molar-refractivity contribution in [3.05, 3.63) is 88.9 Å². The zero-order chi connectivity index (χ0) is 19.4. The molecule has 0 saturated heterocycles. The Hall–Kier alpha value is -2.83. The fourth-order valence-corrected chi connectivity index (χ4v) is 3.57. The molecule has 0 radical (unpaired) electrons. The second-order valence-corrected chi connectivity index (χ2v) is 8.08. The van der Waals surface area contributed by atoms with Gasteiger partial charge in [0.15, 0.2) is 0 Å². The van der Waals surface area contributed by atoms with Crippen LogP contribution in [0, 0.1) is 6.92 Å². The first-order chi connectivity index (χ1) is 12.8. The van der Waals surface area contributed by atoms with Crippen molar-refractivity contribution >= 4 is 38.9 Å². The summed E-state index contributed by atoms with van der Waals surface area (Å²) in [6.07, 6.45) is 0. The van der Waals surface area contributed by atoms with E-state index in [0.717, 1.165) is 5.56 Å². The smallest absolute Gasteiger partial charge is 0.261 e. The number of aryl methyl sites for hydroxylation is 1. The van der Waals surface area contributed by atoms with Gasteiger partial charge in [-0.05, 0) is 61.5 Å². The Bertz CT molecular complexity index is 1060. The number of amides is 1. The second kappa shape index (κ2) is 7.82. The van der Waals surface area contributed by atoms with Crippen LogP contribution >= 0.6 is 11.6 Å². The molecule has 3 rings (SSSR count). The number of sulfonamides is 1. The third kappa shape index (κ3) is 4.87. The van der Waals surface area contributed by atoms with Crippen LogP contribution in [0.1, 0.15) is 15.9 Å². The third-order valence-corrected chi connectivity index (χ3v) is 5.46. The van der Waals surface area contributed by atoms with Crippen LogP contribution in [0.4, 0.5) is 11.4 Å². The Morgan fingerprint density at radius 2 is 1.56 bits per heavy atom. The zero-order valence-electron chi connectivity index (χ0n) is 14.4. The number of nitrogens with one attached hydrogen (secondary N) is 2. The Morgan fingerprint density at radius 1 is 0.889 bits per heavy atom. The van der Waals surface area contributed by atoms with Gasteiger partial charge in [0, 0.05) is 22.0 Å². The number of halogens is 1. The van der Waals surface area contributed by atoms with E-state index in [1.165, 1.54) is 30.3 Å². The average Bonchev–Trinajstić information content (AvgIpc) is 2.64. The van der Waals surface area contributed by atoms with Gasteiger partial charge in [-0.15, -0.1) is 0 Å². The Labute approximate surface area is 163 Å². The molecule has 0 atom stereocenters. The summed E-state index contributed by atoms with van der Waals surface area (Å²) in [5.74, 6) is -0.327. The molecule has 27 heavy (non-hydrogen) atoms. The Balaban J connectivity index is 1.77. The highest BCUT2D eigenvalue weighted by molar-refractivity contribution is 7.92. The second-order valence-electron chi connectivity index (χ2n) is 5.96. The van der Waals surface area contributed by atoms with E-state index >= 15 is 0 Å². The summed E-state index contributed by atoms with van der Waals surface area (Å²) in [5.41, 5.74) is 2.39. The van der Waals surface area contributed by atoms with Crippen LogP contribution in [0.15, 0.2) is 77.7 Å². The van der Waals surface area contributed by atoms with Crippen molar-refractivity contribution in [2.75, 3.05) is 10.0 Å². The van der Waals surface area contributed by atoms with Crippen molar-refractivity contribution < 1.29 is 13.2 Å². The van der Waals surface area contributed by atoms with E-state index in [4.69, 9.17) is 11.6 Å². The SMILES string of the molecule is Cc1ccc(NC(=O)c2cccc(NS(=O)(=O)c3ccc(Cl)cc3)c2)cc1. The molecular formula is C20H17ClN2O3S. The quantitative estimate of drug-likeness (QED) is 0.651. The lowest BCUT2D eigenvalue weighted by Gasteiger charge is -2.10. The first-order valence-corrected chi connectivity index (χ1v) is 9.96. The molecule has 0 aromatic heterocycles. The van der Waals surface area contributed by atoms with Gasteiger partial charge in [-0.2, -0.15) is 0 Å². The lowest BCUT2D eigenvalue weighted by Crippen LogP contribution is -2.15. The van der Waals surface area contributed by atoms with Crippen LogP contribution in [-0.4, -0.2) is 14.3 Å². The van der Waals surface area contributed by atoms with Crippen molar-refractivity contribution in [3.8, 4) is 0 Å². The van der Waals surface area contributed by atoms with Crippen LogP contribution in [0.25, 0.3) is 0 Å². The van der Waals surface area contributed by atoms with Gasteiger partial charge in [-0.3, -0.25) is 9.52 Å². The van der Waals surface area contributed by atoms with E-state index in [1.807, 2.05) is 19.1 Å². The van der Waals surface area contributed by atoms with E-state index in [-0.39, 0.29) is 10.8 Å². The van der Waals surface area contributed by atoms with Crippen LogP contribution in [0.5, 0.6) is 0 Å². The molecule has 2 N–H and O–H groups in total. The van der Waals surface area contributed by atoms with E-state index in [9.17, 15) is 13.2 Å². The Morgan fingerprint density at radius 3 is 2.22 bits per heavy atom. The lowest BCUT2D eigenvalue weighted by molar-refractivity contribution is 0.102. The van der Waals surface area contributed by atoms with Crippen LogP contribution in [-0.2, 0) is 10.0 Å². The van der Waals surface area contributed by atoms with Crippen molar-refractivity contribution in [3.63, 3.8) is 0 Å². The molecule has 138 valence electrons. The number of hydrogen-bond acceptors (Lipinski definition) is 3. The predicted molar refractivity (Wildman–Crippen MR) is 108 cm³/mol. The average molecular weight is 401 g/mol. The van der Waals surface area contributed by atoms with Crippen molar-refractivity contribution in [2.24, 2.45) is 0 Å². The van der Waals surface area contributed by atoms with Gasteiger partial charge in [0.05, 0.1) is 4.90 Å². The van der Waals surface area contributed by atoms with Crippen LogP contribution in [0.2, 0.25) is 5.02 Å². The first-order valence-electron chi connectivity index (χ1n) is 8.10. The largest absolute Gasteiger partial charge is 0.322 e. The topological polar surface area (TPSA) is 75.3 Å². The van der Waals surface area contributed by atoms with E-state index < -0.39 is 10.0 Å². The summed E-state index contributed by atoms with van der Waals surface area (Å²) in [6.45, 7) is 1.96. The van der Waals surface area contributed by atoms with Gasteiger partial charge < -0.3 is 5.32 Å². The van der Waals surface area contributed by atoms with Crippen molar-refractivity contribution in [2.45, 2.75) is 11.8 Å². The van der Waals surface area contributed by atoms with Crippen molar-refractivity contribution in [1.82, 2.24) is 0 Å². The van der Waals surface area contributed by atoms with Crippen LogP contribution in [0.3, 0.4) is 0 Å². The van der Waals surface area contributed by atoms with Gasteiger partial charge in [0.2, 0.25) is 0 Å². The molecule has 5 nitrogen and oxygen atoms in total. The first kappa shape index (κ1) is 18.9. The molecule has 0 bridgehead atoms. The summed E-state index contributed by atoms with van der Waals surface area (Å²) < 4.78 is 27.4. The summed E-state index contributed by atoms with van der Waals surface area (Å²) >= 11 is 5.79. The minimum absolute atomic E-state index is 0.0846. The van der Waals surface area contributed by atoms with Crippen molar-refractivity contribution in [1.29, 1.82) is 0 Å². The van der Waals surface area contributed by atoms with Gasteiger partial charge in [0.1, 0.15) is 0 Å². The summed E-state index contributed by atoms with van der Waals surface area (Å²) in [7, 11) is -3.78. The maximum absolute atomic E-state index is 12.5. The van der Waals surface area contributed by atoms with E-state index in [2.05, 4.69) is 10.0 Å². The van der Waals surface area contributed by atoms with Gasteiger partial charge in [-0.1, -0.05) is 35.4 Å². The maximum atomic E-state index is 12.5. The monoisotopic (exact) mass is 400 g/mol. The highest BCUT2D eigenvalue weighted by Crippen LogP contribution is 2.20. The summed E-state index contributed by atoms with van der Waals surface area (Å²) in [5, 5.41) is 3.23. The fourth-order valence-electron chi connectivity index (χ4n) is 2.39. The van der Waals surface area contributed by atoms with Crippen LogP contribution < -0.4 is 10.0 Å². The molecule has 0 spiro atoms. The highest BCUT2D eigenvalue weighted by atomic mass is 35.5. The van der Waals surface area contributed by atoms with Gasteiger partial charge in [0.25, 0.3) is 15.9 Å². The number of hydrogen-bond donors (Lipinski definition) is 2. The third-order valence-electron chi connectivity index (χ3n) is 3.81. The molecule has 7 heteroatoms. The summed E-state index contributed by atoms with van der Waals surface area (Å²) in [4.78, 5) is 12.5. The number of rotatable bonds is 5. The molecule has 3 aromatic rings. The number of carbonyl (C=O) groups is 1. The van der Waals surface area contributed by atoms with Gasteiger partial charge >= 0.3 is 0 Å². The molecule has 3 aromatic carbocycles. The number of anilines is 2. The molecule has 0 heterocycles. The molecule has 0 fully saturated rings. The molecule has 0 unspecified atom stereocenters. The molecular weight excluding hydrogens is 384 g/mol. The highest BCUT2D eigenvalue weighted by Gasteiger charge is 2.15.